The molecule has 0 atom stereocenters. The van der Waals surface area contributed by atoms with Gasteiger partial charge in [0.25, 0.3) is 0 Å². The minimum absolute atomic E-state index is 1.16. The minimum Gasteiger partial charge on any atom is -0.315 e. The van der Waals surface area contributed by atoms with Crippen LogP contribution in [0.1, 0.15) is 0 Å². The molecule has 7 aromatic carbocycles. The van der Waals surface area contributed by atoms with E-state index in [1.807, 2.05) is 11.3 Å². The second-order valence-corrected chi connectivity index (χ2v) is 13.2. The maximum atomic E-state index is 2.45. The zero-order chi connectivity index (χ0) is 30.9. The number of nitrogens with zero attached hydrogens (tertiary/aromatic N) is 2. The van der Waals surface area contributed by atoms with Gasteiger partial charge in [0.15, 0.2) is 0 Å². The highest BCUT2D eigenvalue weighted by atomic mass is 32.1. The van der Waals surface area contributed by atoms with Crippen molar-refractivity contribution in [3.8, 4) is 33.6 Å². The number of para-hydroxylation sites is 2. The second-order valence-electron chi connectivity index (χ2n) is 12.2. The normalized spacial score (nSPS) is 11.8. The van der Waals surface area contributed by atoms with Gasteiger partial charge in [-0.15, -0.1) is 11.3 Å². The Labute approximate surface area is 276 Å². The number of thiophene rings is 1. The first-order chi connectivity index (χ1) is 23.3. The summed E-state index contributed by atoms with van der Waals surface area (Å²) < 4.78 is 7.45. The molecule has 0 unspecified atom stereocenters. The highest BCUT2D eigenvalue weighted by Crippen LogP contribution is 2.45. The van der Waals surface area contributed by atoms with Crippen LogP contribution in [0.15, 0.2) is 170 Å². The van der Waals surface area contributed by atoms with Crippen molar-refractivity contribution in [1.29, 1.82) is 0 Å². The second kappa shape index (κ2) is 10.3. The van der Waals surface area contributed by atoms with Gasteiger partial charge in [-0.25, -0.2) is 0 Å². The molecule has 0 fully saturated rings. The van der Waals surface area contributed by atoms with Crippen LogP contribution in [0.3, 0.4) is 0 Å². The van der Waals surface area contributed by atoms with Crippen molar-refractivity contribution in [2.75, 3.05) is 0 Å². The van der Waals surface area contributed by atoms with Crippen molar-refractivity contribution in [2.24, 2.45) is 0 Å². The van der Waals surface area contributed by atoms with Gasteiger partial charge in [0.1, 0.15) is 0 Å². The van der Waals surface area contributed by atoms with Crippen LogP contribution < -0.4 is 0 Å². The van der Waals surface area contributed by atoms with E-state index in [9.17, 15) is 0 Å². The van der Waals surface area contributed by atoms with E-state index >= 15 is 0 Å². The predicted molar refractivity (Wildman–Crippen MR) is 201 cm³/mol. The molecular formula is C44H28N2S. The van der Waals surface area contributed by atoms with E-state index in [2.05, 4.69) is 179 Å². The molecule has 0 aliphatic rings. The average Bonchev–Trinajstić information content (AvgIpc) is 3.84. The fraction of sp³-hybridized carbons (Fsp3) is 0. The van der Waals surface area contributed by atoms with Crippen molar-refractivity contribution >= 4 is 64.2 Å². The van der Waals surface area contributed by atoms with Gasteiger partial charge >= 0.3 is 0 Å². The van der Waals surface area contributed by atoms with E-state index in [-0.39, 0.29) is 0 Å². The number of hydrogen-bond donors (Lipinski definition) is 0. The largest absolute Gasteiger partial charge is 0.315 e. The van der Waals surface area contributed by atoms with Crippen LogP contribution >= 0.6 is 11.3 Å². The summed E-state index contributed by atoms with van der Waals surface area (Å²) in [6, 6.07) is 59.5. The van der Waals surface area contributed by atoms with Crippen LogP contribution in [0.2, 0.25) is 0 Å². The molecule has 0 bridgehead atoms. The van der Waals surface area contributed by atoms with Crippen molar-refractivity contribution in [2.45, 2.75) is 0 Å². The van der Waals surface area contributed by atoms with Crippen LogP contribution in [0, 0.1) is 0 Å². The van der Waals surface area contributed by atoms with Gasteiger partial charge < -0.3 is 9.13 Å². The molecule has 10 rings (SSSR count). The molecule has 0 radical (unpaired) electrons. The molecule has 10 aromatic rings. The molecule has 47 heavy (non-hydrogen) atoms. The molecule has 2 nitrogen and oxygen atoms in total. The summed E-state index contributed by atoms with van der Waals surface area (Å²) in [4.78, 5) is 0. The minimum atomic E-state index is 1.16. The van der Waals surface area contributed by atoms with Crippen molar-refractivity contribution in [3.05, 3.63) is 170 Å². The smallest absolute Gasteiger partial charge is 0.0788 e. The zero-order valence-corrected chi connectivity index (χ0v) is 26.3. The summed E-state index contributed by atoms with van der Waals surface area (Å²) in [7, 11) is 0. The van der Waals surface area contributed by atoms with Crippen LogP contribution in [-0.4, -0.2) is 9.13 Å². The number of benzene rings is 7. The quantitative estimate of drug-likeness (QED) is 0.186. The Balaban J connectivity index is 1.26. The third-order valence-electron chi connectivity index (χ3n) is 9.55. The molecular weight excluding hydrogens is 589 g/mol. The molecule has 0 aliphatic carbocycles. The van der Waals surface area contributed by atoms with Crippen molar-refractivity contribution in [3.63, 3.8) is 0 Å². The monoisotopic (exact) mass is 616 g/mol. The number of aromatic nitrogens is 2. The highest BCUT2D eigenvalue weighted by Gasteiger charge is 2.20. The van der Waals surface area contributed by atoms with Gasteiger partial charge in [0.05, 0.1) is 16.6 Å². The lowest BCUT2D eigenvalue weighted by Crippen LogP contribution is -1.97. The molecule has 220 valence electrons. The van der Waals surface area contributed by atoms with Crippen LogP contribution in [0.5, 0.6) is 0 Å². The first kappa shape index (κ1) is 26.3. The van der Waals surface area contributed by atoms with Gasteiger partial charge in [0.2, 0.25) is 0 Å². The molecule has 0 amide bonds. The Bertz CT molecular complexity index is 2770. The number of fused-ring (bicyclic) bond motifs is 8. The number of hydrogen-bond acceptors (Lipinski definition) is 1. The summed E-state index contributed by atoms with van der Waals surface area (Å²) in [6.45, 7) is 0. The maximum absolute atomic E-state index is 2.45. The molecule has 0 saturated heterocycles. The Morgan fingerprint density at radius 2 is 1.04 bits per heavy atom. The number of rotatable bonds is 4. The van der Waals surface area contributed by atoms with E-state index in [0.717, 1.165) is 11.4 Å². The summed E-state index contributed by atoms with van der Waals surface area (Å²) in [5.41, 5.74) is 11.0. The molecule has 0 aliphatic heterocycles. The molecule has 3 aromatic heterocycles. The van der Waals surface area contributed by atoms with Gasteiger partial charge in [0, 0.05) is 53.9 Å². The van der Waals surface area contributed by atoms with Crippen molar-refractivity contribution in [1.82, 2.24) is 9.13 Å². The van der Waals surface area contributed by atoms with E-state index in [4.69, 9.17) is 0 Å². The van der Waals surface area contributed by atoms with Gasteiger partial charge in [-0.3, -0.25) is 0 Å². The Morgan fingerprint density at radius 1 is 0.404 bits per heavy atom. The predicted octanol–water partition coefficient (Wildman–Crippen LogP) is 12.4. The first-order valence-corrected chi connectivity index (χ1v) is 16.8. The van der Waals surface area contributed by atoms with Crippen LogP contribution in [0.4, 0.5) is 0 Å². The molecule has 0 saturated carbocycles. The lowest BCUT2D eigenvalue weighted by molar-refractivity contribution is 1.12. The molecule has 3 heteroatoms. The average molecular weight is 617 g/mol. The van der Waals surface area contributed by atoms with E-state index in [1.165, 1.54) is 75.1 Å². The molecule has 0 N–H and O–H groups in total. The van der Waals surface area contributed by atoms with Crippen molar-refractivity contribution < 1.29 is 0 Å². The summed E-state index contributed by atoms with van der Waals surface area (Å²) in [5.74, 6) is 0. The topological polar surface area (TPSA) is 9.86 Å². The Morgan fingerprint density at radius 3 is 1.74 bits per heavy atom. The standard InChI is InChI=1S/C44H28N2S/c1-4-12-29(13-5-1)34-18-10-20-37-38-21-11-19-35(44(38)47-43(34)37)31-23-25-40-39(28-31)36-24-22-30-26-27-45(32-14-6-2-7-15-32)41(30)42(36)46(40)33-16-8-3-9-17-33/h1-28H. The first-order valence-electron chi connectivity index (χ1n) is 16.0. The fourth-order valence-electron chi connectivity index (χ4n) is 7.43. The third-order valence-corrected chi connectivity index (χ3v) is 10.8. The van der Waals surface area contributed by atoms with Gasteiger partial charge in [-0.2, -0.15) is 0 Å². The summed E-state index contributed by atoms with van der Waals surface area (Å²) in [5, 5.41) is 6.37. The fourth-order valence-corrected chi connectivity index (χ4v) is 8.80. The highest BCUT2D eigenvalue weighted by molar-refractivity contribution is 7.26. The summed E-state index contributed by atoms with van der Waals surface area (Å²) in [6.07, 6.45) is 2.20. The lowest BCUT2D eigenvalue weighted by atomic mass is 9.99. The Kier molecular flexibility index (Phi) is 5.78. The van der Waals surface area contributed by atoms with E-state index in [0.29, 0.717) is 0 Å². The van der Waals surface area contributed by atoms with Gasteiger partial charge in [-0.1, -0.05) is 121 Å². The lowest BCUT2D eigenvalue weighted by Gasteiger charge is -2.11. The SMILES string of the molecule is c1ccc(-c2cccc3c2sc2c(-c4ccc5c(c4)c4ccc6ccn(-c7ccccc7)c6c4n5-c4ccccc4)cccc23)cc1. The zero-order valence-electron chi connectivity index (χ0n) is 25.5. The van der Waals surface area contributed by atoms with Crippen LogP contribution in [-0.2, 0) is 0 Å². The van der Waals surface area contributed by atoms with E-state index < -0.39 is 0 Å². The molecule has 3 heterocycles. The maximum Gasteiger partial charge on any atom is 0.0788 e. The third kappa shape index (κ3) is 3.97. The Hall–Kier alpha value is -5.90. The van der Waals surface area contributed by atoms with Gasteiger partial charge in [-0.05, 0) is 64.7 Å². The molecule has 0 spiro atoms. The van der Waals surface area contributed by atoms with Crippen LogP contribution in [0.25, 0.3) is 86.5 Å². The van der Waals surface area contributed by atoms with E-state index in [1.54, 1.807) is 0 Å². The summed E-state index contributed by atoms with van der Waals surface area (Å²) >= 11 is 1.91.